The van der Waals surface area contributed by atoms with Crippen LogP contribution in [-0.4, -0.2) is 23.1 Å². The van der Waals surface area contributed by atoms with Crippen molar-refractivity contribution in [3.63, 3.8) is 0 Å². The first kappa shape index (κ1) is 14.9. The van der Waals surface area contributed by atoms with Crippen molar-refractivity contribution in [1.82, 2.24) is 5.32 Å². The number of benzene rings is 1. The van der Waals surface area contributed by atoms with E-state index >= 15 is 0 Å². The molecule has 100 valence electrons. The lowest BCUT2D eigenvalue weighted by atomic mass is 10.2. The van der Waals surface area contributed by atoms with Gasteiger partial charge in [-0.1, -0.05) is 11.6 Å². The Labute approximate surface area is 116 Å². The fourth-order valence-corrected chi connectivity index (χ4v) is 1.64. The molecule has 6 heteroatoms. The van der Waals surface area contributed by atoms with E-state index in [4.69, 9.17) is 23.1 Å². The van der Waals surface area contributed by atoms with Crippen LogP contribution in [0.25, 0.3) is 0 Å². The summed E-state index contributed by atoms with van der Waals surface area (Å²) in [5.74, 6) is 1.31. The van der Waals surface area contributed by atoms with Gasteiger partial charge >= 0.3 is 12.0 Å². The van der Waals surface area contributed by atoms with E-state index in [0.717, 1.165) is 0 Å². The Bertz CT molecular complexity index is 537. The molecule has 1 aromatic carbocycles. The van der Waals surface area contributed by atoms with Crippen LogP contribution in [0.5, 0.6) is 0 Å². The Morgan fingerprint density at radius 3 is 2.74 bits per heavy atom. The van der Waals surface area contributed by atoms with E-state index in [9.17, 15) is 9.59 Å². The first-order valence-corrected chi connectivity index (χ1v) is 5.85. The van der Waals surface area contributed by atoms with Crippen molar-refractivity contribution in [2.45, 2.75) is 19.4 Å². The van der Waals surface area contributed by atoms with E-state index in [1.54, 1.807) is 6.92 Å². The van der Waals surface area contributed by atoms with Gasteiger partial charge in [-0.05, 0) is 25.1 Å². The van der Waals surface area contributed by atoms with Gasteiger partial charge in [0.1, 0.15) is 0 Å². The third kappa shape index (κ3) is 4.90. The largest absolute Gasteiger partial charge is 0.478 e. The number of hydrogen-bond acceptors (Lipinski definition) is 2. The minimum absolute atomic E-state index is 0.000488. The molecule has 0 bridgehead atoms. The highest BCUT2D eigenvalue weighted by Crippen LogP contribution is 2.19. The number of carboxylic acid groups (broad SMARTS) is 1. The molecule has 19 heavy (non-hydrogen) atoms. The highest BCUT2D eigenvalue weighted by atomic mass is 35.5. The van der Waals surface area contributed by atoms with Crippen LogP contribution in [0.4, 0.5) is 10.5 Å². The smallest absolute Gasteiger partial charge is 0.335 e. The quantitative estimate of drug-likeness (QED) is 0.742. The second-order valence-corrected chi connectivity index (χ2v) is 4.38. The molecule has 0 aliphatic rings. The van der Waals surface area contributed by atoms with Gasteiger partial charge in [-0.2, -0.15) is 0 Å². The average Bonchev–Trinajstić information content (AvgIpc) is 2.27. The van der Waals surface area contributed by atoms with E-state index in [2.05, 4.69) is 16.6 Å². The summed E-state index contributed by atoms with van der Waals surface area (Å²) in [5.41, 5.74) is 0.301. The number of anilines is 1. The van der Waals surface area contributed by atoms with Crippen molar-refractivity contribution < 1.29 is 14.7 Å². The molecule has 0 aromatic heterocycles. The average molecular weight is 281 g/mol. The van der Waals surface area contributed by atoms with E-state index in [-0.39, 0.29) is 16.6 Å². The third-order valence-electron chi connectivity index (χ3n) is 2.20. The minimum atomic E-state index is -1.12. The molecule has 1 unspecified atom stereocenters. The lowest BCUT2D eigenvalue weighted by Gasteiger charge is -2.12. The molecule has 1 aromatic rings. The molecule has 5 nitrogen and oxygen atoms in total. The van der Waals surface area contributed by atoms with Gasteiger partial charge in [-0.3, -0.25) is 0 Å². The summed E-state index contributed by atoms with van der Waals surface area (Å²) >= 11 is 5.77. The summed E-state index contributed by atoms with van der Waals surface area (Å²) in [6.07, 6.45) is 5.53. The van der Waals surface area contributed by atoms with Crippen LogP contribution >= 0.6 is 11.6 Å². The van der Waals surface area contributed by atoms with Gasteiger partial charge in [0.05, 0.1) is 5.56 Å². The van der Waals surface area contributed by atoms with Crippen LogP contribution in [0.15, 0.2) is 18.2 Å². The minimum Gasteiger partial charge on any atom is -0.478 e. The summed E-state index contributed by atoms with van der Waals surface area (Å²) in [6, 6.07) is 3.43. The third-order valence-corrected chi connectivity index (χ3v) is 2.42. The predicted octanol–water partition coefficient (Wildman–Crippen LogP) is 2.57. The molecule has 1 atom stereocenters. The maximum atomic E-state index is 11.6. The number of rotatable bonds is 4. The number of carboxylic acids is 1. The van der Waals surface area contributed by atoms with Crippen molar-refractivity contribution >= 4 is 29.3 Å². The normalized spacial score (nSPS) is 11.2. The highest BCUT2D eigenvalue weighted by molar-refractivity contribution is 6.31. The van der Waals surface area contributed by atoms with Crippen LogP contribution in [0.3, 0.4) is 0 Å². The lowest BCUT2D eigenvalue weighted by Crippen LogP contribution is -2.35. The van der Waals surface area contributed by atoms with Crippen molar-refractivity contribution in [1.29, 1.82) is 0 Å². The molecule has 0 saturated carbocycles. The van der Waals surface area contributed by atoms with Crippen LogP contribution in [0.2, 0.25) is 5.02 Å². The van der Waals surface area contributed by atoms with Crippen LogP contribution < -0.4 is 10.6 Å². The van der Waals surface area contributed by atoms with Gasteiger partial charge in [-0.15, -0.1) is 12.3 Å². The lowest BCUT2D eigenvalue weighted by molar-refractivity contribution is 0.0697. The Kier molecular flexibility index (Phi) is 5.22. The first-order valence-electron chi connectivity index (χ1n) is 5.47. The van der Waals surface area contributed by atoms with Crippen molar-refractivity contribution in [2.24, 2.45) is 0 Å². The van der Waals surface area contributed by atoms with Gasteiger partial charge in [-0.25, -0.2) is 9.59 Å². The molecule has 0 aliphatic heterocycles. The van der Waals surface area contributed by atoms with Crippen LogP contribution in [-0.2, 0) is 0 Å². The maximum absolute atomic E-state index is 11.6. The molecule has 0 aliphatic carbocycles. The summed E-state index contributed by atoms with van der Waals surface area (Å²) < 4.78 is 0. The fourth-order valence-electron chi connectivity index (χ4n) is 1.40. The molecule has 1 rings (SSSR count). The number of amides is 2. The molecule has 0 heterocycles. The van der Waals surface area contributed by atoms with Crippen molar-refractivity contribution in [3.05, 3.63) is 28.8 Å². The molecule has 3 N–H and O–H groups in total. The number of hydrogen-bond donors (Lipinski definition) is 3. The zero-order valence-electron chi connectivity index (χ0n) is 10.2. The number of carbonyl (C=O) groups excluding carboxylic acids is 1. The summed E-state index contributed by atoms with van der Waals surface area (Å²) in [5, 5.41) is 14.2. The number of urea groups is 1. The zero-order chi connectivity index (χ0) is 14.4. The number of terminal acetylenes is 1. The molecular formula is C13H13ClN2O3. The van der Waals surface area contributed by atoms with Gasteiger partial charge in [0.25, 0.3) is 0 Å². The van der Waals surface area contributed by atoms with Crippen molar-refractivity contribution in [2.75, 3.05) is 5.32 Å². The summed E-state index contributed by atoms with van der Waals surface area (Å²) in [7, 11) is 0. The maximum Gasteiger partial charge on any atom is 0.335 e. The Morgan fingerprint density at radius 2 is 2.16 bits per heavy atom. The summed E-state index contributed by atoms with van der Waals surface area (Å²) in [6.45, 7) is 1.76. The first-order chi connectivity index (χ1) is 8.92. The number of nitrogens with one attached hydrogen (secondary N) is 2. The van der Waals surface area contributed by atoms with Gasteiger partial charge in [0.15, 0.2) is 0 Å². The highest BCUT2D eigenvalue weighted by Gasteiger charge is 2.10. The monoisotopic (exact) mass is 280 g/mol. The van der Waals surface area contributed by atoms with E-state index in [1.807, 2.05) is 0 Å². The molecule has 0 saturated heterocycles. The SMILES string of the molecule is C#CCC(C)NC(=O)Nc1cc(Cl)cc(C(=O)O)c1. The Hall–Kier alpha value is -2.19. The Morgan fingerprint density at radius 1 is 1.47 bits per heavy atom. The zero-order valence-corrected chi connectivity index (χ0v) is 11.0. The second-order valence-electron chi connectivity index (χ2n) is 3.94. The number of aromatic carboxylic acids is 1. The molecule has 0 radical (unpaired) electrons. The molecule has 2 amide bonds. The van der Waals surface area contributed by atoms with Gasteiger partial charge < -0.3 is 15.7 Å². The van der Waals surface area contributed by atoms with Crippen molar-refractivity contribution in [3.8, 4) is 12.3 Å². The van der Waals surface area contributed by atoms with E-state index in [1.165, 1.54) is 18.2 Å². The number of carbonyl (C=O) groups is 2. The molecular weight excluding hydrogens is 268 g/mol. The Balaban J connectivity index is 2.74. The number of halogens is 1. The standard InChI is InChI=1S/C13H13ClN2O3/c1-3-4-8(2)15-13(19)16-11-6-9(12(17)18)5-10(14)7-11/h1,5-8H,4H2,2H3,(H,17,18)(H2,15,16,19). The summed E-state index contributed by atoms with van der Waals surface area (Å²) in [4.78, 5) is 22.5. The fraction of sp³-hybridized carbons (Fsp3) is 0.231. The van der Waals surface area contributed by atoms with Gasteiger partial charge in [0.2, 0.25) is 0 Å². The van der Waals surface area contributed by atoms with Crippen LogP contribution in [0.1, 0.15) is 23.7 Å². The topological polar surface area (TPSA) is 78.4 Å². The molecule has 0 spiro atoms. The second kappa shape index (κ2) is 6.66. The van der Waals surface area contributed by atoms with Crippen LogP contribution in [0, 0.1) is 12.3 Å². The van der Waals surface area contributed by atoms with Gasteiger partial charge in [0, 0.05) is 23.2 Å². The van der Waals surface area contributed by atoms with E-state index in [0.29, 0.717) is 12.1 Å². The predicted molar refractivity (Wildman–Crippen MR) is 73.5 cm³/mol. The molecule has 0 fully saturated rings. The van der Waals surface area contributed by atoms with E-state index < -0.39 is 12.0 Å².